The van der Waals surface area contributed by atoms with Gasteiger partial charge in [0.1, 0.15) is 12.1 Å². The Balaban J connectivity index is 2.31. The maximum atomic E-state index is 11.2. The lowest BCUT2D eigenvalue weighted by Crippen LogP contribution is -2.12. The number of nitro groups is 1. The van der Waals surface area contributed by atoms with Crippen LogP contribution in [-0.2, 0) is 0 Å². The lowest BCUT2D eigenvalue weighted by atomic mass is 10.2. The minimum atomic E-state index is -0.505. The molecule has 0 radical (unpaired) electrons. The first-order valence-electron chi connectivity index (χ1n) is 6.16. The minimum absolute atomic E-state index is 0.157. The van der Waals surface area contributed by atoms with Crippen LogP contribution in [0.3, 0.4) is 0 Å². The summed E-state index contributed by atoms with van der Waals surface area (Å²) in [6, 6.07) is 3.30. The van der Waals surface area contributed by atoms with E-state index < -0.39 is 4.92 Å². The van der Waals surface area contributed by atoms with E-state index in [9.17, 15) is 10.1 Å². The fourth-order valence-electron chi connectivity index (χ4n) is 1.77. The third-order valence-electron chi connectivity index (χ3n) is 2.67. The average Bonchev–Trinajstić information content (AvgIpc) is 2.92. The third-order valence-corrected chi connectivity index (χ3v) is 2.67. The molecule has 2 N–H and O–H groups in total. The molecule has 0 spiro atoms. The zero-order valence-corrected chi connectivity index (χ0v) is 11.2. The number of furan rings is 1. The van der Waals surface area contributed by atoms with Gasteiger partial charge < -0.3 is 15.1 Å². The van der Waals surface area contributed by atoms with Gasteiger partial charge >= 0.3 is 5.69 Å². The summed E-state index contributed by atoms with van der Waals surface area (Å²) in [4.78, 5) is 18.5. The van der Waals surface area contributed by atoms with Crippen LogP contribution in [0.2, 0.25) is 0 Å². The smallest absolute Gasteiger partial charge is 0.353 e. The normalized spacial score (nSPS) is 11.9. The highest BCUT2D eigenvalue weighted by Gasteiger charge is 2.24. The van der Waals surface area contributed by atoms with Crippen molar-refractivity contribution in [3.05, 3.63) is 40.6 Å². The summed E-state index contributed by atoms with van der Waals surface area (Å²) in [6.07, 6.45) is 2.83. The number of hydrogen-bond acceptors (Lipinski definition) is 7. The fraction of sp³-hybridized carbons (Fsp3) is 0.333. The number of aromatic nitrogens is 2. The number of hydrogen-bond donors (Lipinski definition) is 2. The molecule has 20 heavy (non-hydrogen) atoms. The standard InChI is InChI=1S/C12H15N5O3/c1-3-13-11-10(17(18)19)12(15-7-14-11)16-8(2)9-5-4-6-20-9/h4-8H,3H2,1-2H3,(H2,13,14,15,16). The van der Waals surface area contributed by atoms with E-state index in [1.807, 2.05) is 13.8 Å². The van der Waals surface area contributed by atoms with Crippen LogP contribution in [0.1, 0.15) is 25.6 Å². The molecule has 0 aliphatic carbocycles. The maximum absolute atomic E-state index is 11.2. The molecule has 106 valence electrons. The van der Waals surface area contributed by atoms with Gasteiger partial charge in [-0.05, 0) is 26.0 Å². The molecule has 0 aliphatic heterocycles. The van der Waals surface area contributed by atoms with Crippen LogP contribution in [-0.4, -0.2) is 21.4 Å². The van der Waals surface area contributed by atoms with Gasteiger partial charge in [0.2, 0.25) is 11.6 Å². The Morgan fingerprint density at radius 3 is 2.80 bits per heavy atom. The van der Waals surface area contributed by atoms with Crippen molar-refractivity contribution in [1.29, 1.82) is 0 Å². The quantitative estimate of drug-likeness (QED) is 0.617. The third kappa shape index (κ3) is 2.85. The predicted octanol–water partition coefficient (Wildman–Crippen LogP) is 2.58. The lowest BCUT2D eigenvalue weighted by molar-refractivity contribution is -0.383. The van der Waals surface area contributed by atoms with Crippen molar-refractivity contribution >= 4 is 17.3 Å². The fourth-order valence-corrected chi connectivity index (χ4v) is 1.77. The molecule has 2 aromatic rings. The van der Waals surface area contributed by atoms with Crippen molar-refractivity contribution in [2.45, 2.75) is 19.9 Å². The van der Waals surface area contributed by atoms with Gasteiger partial charge in [-0.15, -0.1) is 0 Å². The van der Waals surface area contributed by atoms with Gasteiger partial charge in [-0.25, -0.2) is 9.97 Å². The molecule has 2 rings (SSSR count). The molecule has 8 nitrogen and oxygen atoms in total. The van der Waals surface area contributed by atoms with Crippen LogP contribution in [0, 0.1) is 10.1 Å². The Morgan fingerprint density at radius 1 is 1.45 bits per heavy atom. The number of nitrogens with zero attached hydrogens (tertiary/aromatic N) is 3. The van der Waals surface area contributed by atoms with Gasteiger partial charge in [0.15, 0.2) is 0 Å². The highest BCUT2D eigenvalue weighted by Crippen LogP contribution is 2.31. The van der Waals surface area contributed by atoms with Gasteiger partial charge in [-0.2, -0.15) is 0 Å². The summed E-state index contributed by atoms with van der Waals surface area (Å²) in [5.74, 6) is 1.02. The summed E-state index contributed by atoms with van der Waals surface area (Å²) in [5, 5.41) is 17.0. The van der Waals surface area contributed by atoms with E-state index in [0.29, 0.717) is 12.3 Å². The largest absolute Gasteiger partial charge is 0.467 e. The lowest BCUT2D eigenvalue weighted by Gasteiger charge is -2.13. The van der Waals surface area contributed by atoms with Crippen LogP contribution in [0.4, 0.5) is 17.3 Å². The second-order valence-electron chi connectivity index (χ2n) is 4.09. The zero-order chi connectivity index (χ0) is 14.5. The van der Waals surface area contributed by atoms with E-state index in [-0.39, 0.29) is 23.4 Å². The van der Waals surface area contributed by atoms with E-state index in [1.165, 1.54) is 6.33 Å². The zero-order valence-electron chi connectivity index (χ0n) is 11.2. The van der Waals surface area contributed by atoms with Gasteiger partial charge in [-0.3, -0.25) is 10.1 Å². The van der Waals surface area contributed by atoms with Crippen molar-refractivity contribution in [2.24, 2.45) is 0 Å². The summed E-state index contributed by atoms with van der Waals surface area (Å²) < 4.78 is 5.25. The molecule has 8 heteroatoms. The van der Waals surface area contributed by atoms with Gasteiger partial charge in [0, 0.05) is 6.54 Å². The Kier molecular flexibility index (Phi) is 4.14. The molecular formula is C12H15N5O3. The molecular weight excluding hydrogens is 262 g/mol. The Hall–Kier alpha value is -2.64. The van der Waals surface area contributed by atoms with E-state index in [1.54, 1.807) is 18.4 Å². The second-order valence-corrected chi connectivity index (χ2v) is 4.09. The molecule has 0 aromatic carbocycles. The highest BCUT2D eigenvalue weighted by atomic mass is 16.6. The van der Waals surface area contributed by atoms with Crippen molar-refractivity contribution < 1.29 is 9.34 Å². The average molecular weight is 277 g/mol. The maximum Gasteiger partial charge on any atom is 0.353 e. The van der Waals surface area contributed by atoms with Crippen molar-refractivity contribution in [2.75, 3.05) is 17.2 Å². The molecule has 2 aromatic heterocycles. The SMILES string of the molecule is CCNc1ncnc(NC(C)c2ccco2)c1[N+](=O)[O-]. The molecule has 0 saturated carbocycles. The molecule has 0 aliphatic rings. The first-order chi connectivity index (χ1) is 9.63. The summed E-state index contributed by atoms with van der Waals surface area (Å²) in [7, 11) is 0. The number of rotatable bonds is 6. The summed E-state index contributed by atoms with van der Waals surface area (Å²) in [5.41, 5.74) is -0.173. The molecule has 1 unspecified atom stereocenters. The molecule has 1 atom stereocenters. The Labute approximate surface area is 115 Å². The summed E-state index contributed by atoms with van der Waals surface area (Å²) in [6.45, 7) is 4.20. The van der Waals surface area contributed by atoms with Crippen molar-refractivity contribution in [1.82, 2.24) is 9.97 Å². The first-order valence-corrected chi connectivity index (χ1v) is 6.16. The van der Waals surface area contributed by atoms with E-state index in [4.69, 9.17) is 4.42 Å². The van der Waals surface area contributed by atoms with Crippen LogP contribution < -0.4 is 10.6 Å². The second kappa shape index (κ2) is 6.00. The topological polar surface area (TPSA) is 106 Å². The predicted molar refractivity (Wildman–Crippen MR) is 73.6 cm³/mol. The molecule has 0 amide bonds. The van der Waals surface area contributed by atoms with Crippen LogP contribution in [0.15, 0.2) is 29.1 Å². The summed E-state index contributed by atoms with van der Waals surface area (Å²) >= 11 is 0. The minimum Gasteiger partial charge on any atom is -0.467 e. The highest BCUT2D eigenvalue weighted by molar-refractivity contribution is 5.69. The Morgan fingerprint density at radius 2 is 2.20 bits per heavy atom. The van der Waals surface area contributed by atoms with E-state index in [0.717, 1.165) is 0 Å². The van der Waals surface area contributed by atoms with Crippen molar-refractivity contribution in [3.8, 4) is 0 Å². The molecule has 0 bridgehead atoms. The monoisotopic (exact) mass is 277 g/mol. The van der Waals surface area contributed by atoms with E-state index in [2.05, 4.69) is 20.6 Å². The van der Waals surface area contributed by atoms with Gasteiger partial charge in [0.05, 0.1) is 17.2 Å². The van der Waals surface area contributed by atoms with Crippen LogP contribution in [0.5, 0.6) is 0 Å². The van der Waals surface area contributed by atoms with Gasteiger partial charge in [0.25, 0.3) is 0 Å². The van der Waals surface area contributed by atoms with Gasteiger partial charge in [-0.1, -0.05) is 0 Å². The Bertz CT molecular complexity index is 585. The molecule has 0 fully saturated rings. The number of anilines is 2. The molecule has 2 heterocycles. The first kappa shape index (κ1) is 13.8. The van der Waals surface area contributed by atoms with E-state index >= 15 is 0 Å². The van der Waals surface area contributed by atoms with Crippen molar-refractivity contribution in [3.63, 3.8) is 0 Å². The van der Waals surface area contributed by atoms with Crippen LogP contribution >= 0.6 is 0 Å². The molecule has 0 saturated heterocycles. The van der Waals surface area contributed by atoms with Crippen LogP contribution in [0.25, 0.3) is 0 Å². The number of nitrogens with one attached hydrogen (secondary N) is 2.